The largest absolute Gasteiger partial charge is 0.483 e. The Balaban J connectivity index is 2.07. The van der Waals surface area contributed by atoms with E-state index in [1.54, 1.807) is 6.92 Å². The lowest BCUT2D eigenvalue weighted by Gasteiger charge is -2.06. The van der Waals surface area contributed by atoms with Crippen LogP contribution in [0.3, 0.4) is 0 Å². The molecule has 84 valence electrons. The fourth-order valence-electron chi connectivity index (χ4n) is 1.27. The molecule has 1 heterocycles. The first-order valence-corrected chi connectivity index (χ1v) is 5.62. The Morgan fingerprint density at radius 2 is 2.19 bits per heavy atom. The molecule has 4 nitrogen and oxygen atoms in total. The van der Waals surface area contributed by atoms with Crippen LogP contribution in [0.15, 0.2) is 27.2 Å². The Kier molecular flexibility index (Phi) is 3.24. The second kappa shape index (κ2) is 4.65. The predicted octanol–water partition coefficient (Wildman–Crippen LogP) is 3.03. The minimum atomic E-state index is 0.290. The molecule has 2 rings (SSSR count). The maximum atomic E-state index is 5.59. The van der Waals surface area contributed by atoms with Crippen molar-refractivity contribution >= 4 is 15.9 Å². The van der Waals surface area contributed by atoms with Crippen molar-refractivity contribution in [3.63, 3.8) is 0 Å². The molecule has 0 unspecified atom stereocenters. The number of hydrogen-bond donors (Lipinski definition) is 0. The molecule has 5 heteroatoms. The second-order valence-corrected chi connectivity index (χ2v) is 4.35. The van der Waals surface area contributed by atoms with Crippen LogP contribution in [0.5, 0.6) is 5.75 Å². The number of benzene rings is 1. The Morgan fingerprint density at radius 3 is 2.88 bits per heavy atom. The molecule has 0 aliphatic carbocycles. The van der Waals surface area contributed by atoms with Crippen LogP contribution in [0.2, 0.25) is 0 Å². The van der Waals surface area contributed by atoms with Crippen molar-refractivity contribution in [3.05, 3.63) is 40.0 Å². The van der Waals surface area contributed by atoms with Crippen LogP contribution in [-0.4, -0.2) is 10.1 Å². The molecule has 0 spiro atoms. The number of ether oxygens (including phenoxy) is 1. The minimum absolute atomic E-state index is 0.290. The summed E-state index contributed by atoms with van der Waals surface area (Å²) in [5, 5.41) is 3.69. The van der Waals surface area contributed by atoms with E-state index in [1.165, 1.54) is 0 Å². The van der Waals surface area contributed by atoms with Crippen molar-refractivity contribution in [3.8, 4) is 5.75 Å². The van der Waals surface area contributed by atoms with Gasteiger partial charge in [0.25, 0.3) is 5.89 Å². The van der Waals surface area contributed by atoms with Gasteiger partial charge in [-0.05, 0) is 31.5 Å². The summed E-state index contributed by atoms with van der Waals surface area (Å²) in [6.45, 7) is 4.05. The molecule has 0 bridgehead atoms. The van der Waals surface area contributed by atoms with E-state index in [-0.39, 0.29) is 6.61 Å². The van der Waals surface area contributed by atoms with E-state index in [0.717, 1.165) is 15.8 Å². The molecule has 0 saturated carbocycles. The van der Waals surface area contributed by atoms with Gasteiger partial charge in [0.05, 0.1) is 0 Å². The van der Waals surface area contributed by atoms with Crippen molar-refractivity contribution in [2.45, 2.75) is 20.5 Å². The molecule has 1 aromatic carbocycles. The lowest BCUT2D eigenvalue weighted by atomic mass is 10.2. The highest BCUT2D eigenvalue weighted by atomic mass is 79.9. The van der Waals surface area contributed by atoms with E-state index < -0.39 is 0 Å². The molecule has 2 aromatic rings. The van der Waals surface area contributed by atoms with Gasteiger partial charge in [0.1, 0.15) is 5.75 Å². The summed E-state index contributed by atoms with van der Waals surface area (Å²) in [5.41, 5.74) is 1.07. The number of hydrogen-bond acceptors (Lipinski definition) is 4. The Hall–Kier alpha value is -1.36. The van der Waals surface area contributed by atoms with Gasteiger partial charge >= 0.3 is 0 Å². The third kappa shape index (κ3) is 2.61. The Labute approximate surface area is 102 Å². The molecule has 16 heavy (non-hydrogen) atoms. The second-order valence-electron chi connectivity index (χ2n) is 3.43. The van der Waals surface area contributed by atoms with Gasteiger partial charge < -0.3 is 9.26 Å². The van der Waals surface area contributed by atoms with Crippen molar-refractivity contribution in [1.82, 2.24) is 10.1 Å². The number of rotatable bonds is 3. The average Bonchev–Trinajstić information content (AvgIpc) is 2.66. The molecule has 0 amide bonds. The fraction of sp³-hybridized carbons (Fsp3) is 0.273. The molecule has 1 aromatic heterocycles. The van der Waals surface area contributed by atoms with Crippen molar-refractivity contribution in [2.24, 2.45) is 0 Å². The molecule has 0 aliphatic heterocycles. The van der Waals surface area contributed by atoms with Crippen molar-refractivity contribution in [1.29, 1.82) is 0 Å². The van der Waals surface area contributed by atoms with E-state index in [4.69, 9.17) is 9.26 Å². The maximum absolute atomic E-state index is 5.59. The third-order valence-electron chi connectivity index (χ3n) is 2.07. The van der Waals surface area contributed by atoms with E-state index in [9.17, 15) is 0 Å². The summed E-state index contributed by atoms with van der Waals surface area (Å²) in [5.74, 6) is 1.91. The molecule has 0 saturated heterocycles. The van der Waals surface area contributed by atoms with E-state index in [0.29, 0.717) is 11.7 Å². The number of aromatic nitrogens is 2. The number of halogens is 1. The standard InChI is InChI=1S/C11H11BrN2O2/c1-7-3-4-9(12)5-10(7)15-6-11-13-8(2)14-16-11/h3-5H,6H2,1-2H3. The molecule has 0 atom stereocenters. The van der Waals surface area contributed by atoms with E-state index in [2.05, 4.69) is 26.1 Å². The summed E-state index contributed by atoms with van der Waals surface area (Å²) in [6, 6.07) is 5.87. The van der Waals surface area contributed by atoms with Crippen LogP contribution in [0.25, 0.3) is 0 Å². The molecule has 0 aliphatic rings. The van der Waals surface area contributed by atoms with Crippen LogP contribution >= 0.6 is 15.9 Å². The van der Waals surface area contributed by atoms with Gasteiger partial charge in [-0.1, -0.05) is 27.2 Å². The van der Waals surface area contributed by atoms with Gasteiger partial charge in [0, 0.05) is 4.47 Å². The minimum Gasteiger partial charge on any atom is -0.483 e. The lowest BCUT2D eigenvalue weighted by molar-refractivity contribution is 0.241. The summed E-state index contributed by atoms with van der Waals surface area (Å²) in [4.78, 5) is 4.06. The summed E-state index contributed by atoms with van der Waals surface area (Å²) >= 11 is 3.40. The zero-order valence-electron chi connectivity index (χ0n) is 9.03. The van der Waals surface area contributed by atoms with Crippen LogP contribution in [-0.2, 0) is 6.61 Å². The monoisotopic (exact) mass is 282 g/mol. The highest BCUT2D eigenvalue weighted by molar-refractivity contribution is 9.10. The zero-order chi connectivity index (χ0) is 11.5. The van der Waals surface area contributed by atoms with Crippen LogP contribution < -0.4 is 4.74 Å². The first-order valence-electron chi connectivity index (χ1n) is 4.83. The quantitative estimate of drug-likeness (QED) is 0.868. The normalized spacial score (nSPS) is 10.4. The van der Waals surface area contributed by atoms with Gasteiger partial charge in [-0.25, -0.2) is 0 Å². The van der Waals surface area contributed by atoms with Crippen LogP contribution in [0.1, 0.15) is 17.3 Å². The molecular formula is C11H11BrN2O2. The maximum Gasteiger partial charge on any atom is 0.264 e. The Morgan fingerprint density at radius 1 is 1.38 bits per heavy atom. The molecule has 0 radical (unpaired) electrons. The first kappa shape index (κ1) is 11.1. The van der Waals surface area contributed by atoms with Gasteiger partial charge in [-0.15, -0.1) is 0 Å². The average molecular weight is 283 g/mol. The van der Waals surface area contributed by atoms with E-state index >= 15 is 0 Å². The summed E-state index contributed by atoms with van der Waals surface area (Å²) in [6.07, 6.45) is 0. The molecule has 0 N–H and O–H groups in total. The van der Waals surface area contributed by atoms with Crippen molar-refractivity contribution < 1.29 is 9.26 Å². The molecule has 0 fully saturated rings. The van der Waals surface area contributed by atoms with Gasteiger partial charge in [0.15, 0.2) is 12.4 Å². The topological polar surface area (TPSA) is 48.2 Å². The lowest BCUT2D eigenvalue weighted by Crippen LogP contribution is -1.97. The fourth-order valence-corrected chi connectivity index (χ4v) is 1.61. The molecular weight excluding hydrogens is 272 g/mol. The van der Waals surface area contributed by atoms with Gasteiger partial charge in [-0.2, -0.15) is 4.98 Å². The Bertz CT molecular complexity index is 496. The highest BCUT2D eigenvalue weighted by Gasteiger charge is 2.05. The summed E-state index contributed by atoms with van der Waals surface area (Å²) < 4.78 is 11.5. The van der Waals surface area contributed by atoms with Gasteiger partial charge in [-0.3, -0.25) is 0 Å². The smallest absolute Gasteiger partial charge is 0.264 e. The van der Waals surface area contributed by atoms with Crippen molar-refractivity contribution in [2.75, 3.05) is 0 Å². The van der Waals surface area contributed by atoms with Gasteiger partial charge in [0.2, 0.25) is 0 Å². The highest BCUT2D eigenvalue weighted by Crippen LogP contribution is 2.23. The predicted molar refractivity (Wildman–Crippen MR) is 62.2 cm³/mol. The summed E-state index contributed by atoms with van der Waals surface area (Å²) in [7, 11) is 0. The first-order chi connectivity index (χ1) is 7.65. The van der Waals surface area contributed by atoms with E-state index in [1.807, 2.05) is 25.1 Å². The third-order valence-corrected chi connectivity index (χ3v) is 2.56. The number of aryl methyl sites for hydroxylation is 2. The SMILES string of the molecule is Cc1noc(COc2cc(Br)ccc2C)n1. The van der Waals surface area contributed by atoms with Crippen LogP contribution in [0.4, 0.5) is 0 Å². The van der Waals surface area contributed by atoms with Crippen LogP contribution in [0, 0.1) is 13.8 Å². The zero-order valence-corrected chi connectivity index (χ0v) is 10.6. The number of nitrogens with zero attached hydrogens (tertiary/aromatic N) is 2.